The third kappa shape index (κ3) is 5.21. The maximum atomic E-state index is 12.7. The number of aliphatic carboxylic acids is 1. The van der Waals surface area contributed by atoms with Gasteiger partial charge in [0.2, 0.25) is 10.0 Å². The van der Waals surface area contributed by atoms with Gasteiger partial charge < -0.3 is 10.4 Å². The Kier molecular flexibility index (Phi) is 6.66. The topological polar surface area (TPSA) is 104 Å². The van der Waals surface area contributed by atoms with Crippen LogP contribution >= 0.6 is 0 Å². The number of benzene rings is 2. The fourth-order valence-electron chi connectivity index (χ4n) is 3.32. The highest BCUT2D eigenvalue weighted by molar-refractivity contribution is 7.89. The quantitative estimate of drug-likeness (QED) is 0.721. The van der Waals surface area contributed by atoms with Gasteiger partial charge in [-0.25, -0.2) is 13.2 Å². The van der Waals surface area contributed by atoms with Crippen molar-refractivity contribution in [1.29, 1.82) is 0 Å². The third-order valence-electron chi connectivity index (χ3n) is 4.96. The van der Waals surface area contributed by atoms with Crippen LogP contribution in [0.5, 0.6) is 0 Å². The van der Waals surface area contributed by atoms with Crippen molar-refractivity contribution < 1.29 is 23.1 Å². The van der Waals surface area contributed by atoms with Crippen LogP contribution in [-0.2, 0) is 21.2 Å². The lowest BCUT2D eigenvalue weighted by atomic mass is 10.1. The normalized spacial score (nSPS) is 16.1. The number of hydrogen-bond donors (Lipinski definition) is 2. The van der Waals surface area contributed by atoms with Gasteiger partial charge in [-0.15, -0.1) is 0 Å². The fraction of sp³-hybridized carbons (Fsp3) is 0.333. The molecule has 154 valence electrons. The molecular formula is C21H24N2O5S. The van der Waals surface area contributed by atoms with Gasteiger partial charge in [-0.2, -0.15) is 4.31 Å². The number of nitrogens with one attached hydrogen (secondary N) is 1. The van der Waals surface area contributed by atoms with Crippen LogP contribution in [0.4, 0.5) is 0 Å². The van der Waals surface area contributed by atoms with Crippen LogP contribution < -0.4 is 5.32 Å². The Bertz CT molecular complexity index is 952. The molecule has 2 aromatic rings. The summed E-state index contributed by atoms with van der Waals surface area (Å²) in [7, 11) is -3.57. The molecule has 1 amide bonds. The molecule has 0 unspecified atom stereocenters. The van der Waals surface area contributed by atoms with Gasteiger partial charge in [0.15, 0.2) is 0 Å². The Hall–Kier alpha value is -2.71. The summed E-state index contributed by atoms with van der Waals surface area (Å²) in [5, 5.41) is 11.9. The lowest BCUT2D eigenvalue weighted by Gasteiger charge is -2.25. The number of amides is 1. The largest absolute Gasteiger partial charge is 0.480 e. The van der Waals surface area contributed by atoms with Gasteiger partial charge in [-0.1, -0.05) is 36.8 Å². The highest BCUT2D eigenvalue weighted by atomic mass is 32.2. The summed E-state index contributed by atoms with van der Waals surface area (Å²) in [6.45, 7) is 1.01. The number of nitrogens with zero attached hydrogens (tertiary/aromatic N) is 1. The number of sulfonamides is 1. The number of piperidine rings is 1. The van der Waals surface area contributed by atoms with Crippen LogP contribution in [-0.4, -0.2) is 48.8 Å². The molecule has 0 bridgehead atoms. The van der Waals surface area contributed by atoms with E-state index in [1.807, 2.05) is 6.07 Å². The van der Waals surface area contributed by atoms with Gasteiger partial charge in [0.1, 0.15) is 6.04 Å². The lowest BCUT2D eigenvalue weighted by molar-refractivity contribution is -0.139. The van der Waals surface area contributed by atoms with Gasteiger partial charge >= 0.3 is 5.97 Å². The molecule has 1 aliphatic rings. The van der Waals surface area contributed by atoms with Crippen LogP contribution in [0.25, 0.3) is 0 Å². The number of carbonyl (C=O) groups excluding carboxylic acids is 1. The Morgan fingerprint density at radius 3 is 2.17 bits per heavy atom. The second kappa shape index (κ2) is 9.19. The van der Waals surface area contributed by atoms with Crippen molar-refractivity contribution in [2.24, 2.45) is 0 Å². The summed E-state index contributed by atoms with van der Waals surface area (Å²) < 4.78 is 26.8. The van der Waals surface area contributed by atoms with E-state index in [1.54, 1.807) is 24.3 Å². The SMILES string of the molecule is O=C(N[C@@H](Cc1ccccc1)C(=O)O)c1ccc(S(=O)(=O)N2CCCCC2)cc1. The van der Waals surface area contributed by atoms with Gasteiger partial charge in [-0.05, 0) is 42.7 Å². The van der Waals surface area contributed by atoms with Crippen molar-refractivity contribution in [1.82, 2.24) is 9.62 Å². The average molecular weight is 416 g/mol. The van der Waals surface area contributed by atoms with Gasteiger partial charge in [0.05, 0.1) is 4.90 Å². The molecule has 0 saturated carbocycles. The first-order valence-electron chi connectivity index (χ1n) is 9.56. The molecule has 0 radical (unpaired) electrons. The fourth-order valence-corrected chi connectivity index (χ4v) is 4.84. The number of carbonyl (C=O) groups is 2. The van der Waals surface area contributed by atoms with Crippen molar-refractivity contribution in [3.05, 3.63) is 65.7 Å². The highest BCUT2D eigenvalue weighted by Gasteiger charge is 2.26. The summed E-state index contributed by atoms with van der Waals surface area (Å²) >= 11 is 0. The summed E-state index contributed by atoms with van der Waals surface area (Å²) in [6.07, 6.45) is 2.87. The lowest BCUT2D eigenvalue weighted by Crippen LogP contribution is -2.42. The van der Waals surface area contributed by atoms with E-state index in [2.05, 4.69) is 5.32 Å². The third-order valence-corrected chi connectivity index (χ3v) is 6.87. The second-order valence-electron chi connectivity index (χ2n) is 7.04. The molecule has 1 fully saturated rings. The molecule has 1 heterocycles. The minimum atomic E-state index is -3.57. The predicted octanol–water partition coefficient (Wildman–Crippen LogP) is 2.29. The van der Waals surface area contributed by atoms with Crippen molar-refractivity contribution in [2.75, 3.05) is 13.1 Å². The molecule has 0 aliphatic carbocycles. The average Bonchev–Trinajstić information content (AvgIpc) is 2.74. The van der Waals surface area contributed by atoms with E-state index in [9.17, 15) is 23.1 Å². The summed E-state index contributed by atoms with van der Waals surface area (Å²) in [5.41, 5.74) is 1.00. The monoisotopic (exact) mass is 416 g/mol. The molecule has 0 spiro atoms. The molecule has 2 N–H and O–H groups in total. The molecule has 8 heteroatoms. The molecule has 7 nitrogen and oxygen atoms in total. The van der Waals surface area contributed by atoms with Crippen molar-refractivity contribution >= 4 is 21.9 Å². The smallest absolute Gasteiger partial charge is 0.326 e. The Labute approximate surface area is 170 Å². The van der Waals surface area contributed by atoms with E-state index < -0.39 is 27.9 Å². The predicted molar refractivity (Wildman–Crippen MR) is 108 cm³/mol. The van der Waals surface area contributed by atoms with Crippen LogP contribution in [0.15, 0.2) is 59.5 Å². The molecule has 3 rings (SSSR count). The zero-order chi connectivity index (χ0) is 20.9. The minimum absolute atomic E-state index is 0.134. The van der Waals surface area contributed by atoms with Gasteiger partial charge in [-0.3, -0.25) is 4.79 Å². The van der Waals surface area contributed by atoms with E-state index in [0.717, 1.165) is 24.8 Å². The number of carboxylic acid groups (broad SMARTS) is 1. The van der Waals surface area contributed by atoms with E-state index in [0.29, 0.717) is 13.1 Å². The van der Waals surface area contributed by atoms with Crippen molar-refractivity contribution in [3.8, 4) is 0 Å². The molecule has 0 aromatic heterocycles. The van der Waals surface area contributed by atoms with E-state index >= 15 is 0 Å². The summed E-state index contributed by atoms with van der Waals surface area (Å²) in [5.74, 6) is -1.69. The molecular weight excluding hydrogens is 392 g/mol. The molecule has 2 aromatic carbocycles. The molecule has 1 atom stereocenters. The molecule has 1 saturated heterocycles. The molecule has 29 heavy (non-hydrogen) atoms. The number of hydrogen-bond acceptors (Lipinski definition) is 4. The van der Waals surface area contributed by atoms with Crippen LogP contribution in [0.2, 0.25) is 0 Å². The van der Waals surface area contributed by atoms with Crippen LogP contribution in [0.3, 0.4) is 0 Å². The summed E-state index contributed by atoms with van der Waals surface area (Å²) in [4.78, 5) is 24.1. The standard InChI is InChI=1S/C21H24N2O5S/c24-20(22-19(21(25)26)15-16-7-3-1-4-8-16)17-9-11-18(12-10-17)29(27,28)23-13-5-2-6-14-23/h1,3-4,7-12,19H,2,5-6,13-15H2,(H,22,24)(H,25,26)/t19-/m0/s1. The Morgan fingerprint density at radius 1 is 0.966 bits per heavy atom. The number of carboxylic acids is 1. The van der Waals surface area contributed by atoms with Crippen molar-refractivity contribution in [3.63, 3.8) is 0 Å². The minimum Gasteiger partial charge on any atom is -0.480 e. The van der Waals surface area contributed by atoms with Gasteiger partial charge in [0, 0.05) is 25.1 Å². The van der Waals surface area contributed by atoms with E-state index in [4.69, 9.17) is 0 Å². The second-order valence-corrected chi connectivity index (χ2v) is 8.98. The molecule has 1 aliphatic heterocycles. The zero-order valence-corrected chi connectivity index (χ0v) is 16.8. The number of rotatable bonds is 7. The highest BCUT2D eigenvalue weighted by Crippen LogP contribution is 2.21. The van der Waals surface area contributed by atoms with Crippen LogP contribution in [0, 0.1) is 0 Å². The van der Waals surface area contributed by atoms with Gasteiger partial charge in [0.25, 0.3) is 5.91 Å². The van der Waals surface area contributed by atoms with Crippen molar-refractivity contribution in [2.45, 2.75) is 36.6 Å². The summed E-state index contributed by atoms with van der Waals surface area (Å²) in [6, 6.07) is 13.6. The first kappa shape index (κ1) is 21.0. The Morgan fingerprint density at radius 2 is 1.59 bits per heavy atom. The van der Waals surface area contributed by atoms with E-state index in [-0.39, 0.29) is 16.9 Å². The zero-order valence-electron chi connectivity index (χ0n) is 16.0. The first-order chi connectivity index (χ1) is 13.9. The maximum absolute atomic E-state index is 12.7. The Balaban J connectivity index is 1.69. The van der Waals surface area contributed by atoms with E-state index in [1.165, 1.54) is 28.6 Å². The first-order valence-corrected chi connectivity index (χ1v) is 11.0. The van der Waals surface area contributed by atoms with Crippen LogP contribution in [0.1, 0.15) is 35.2 Å². The maximum Gasteiger partial charge on any atom is 0.326 e.